The van der Waals surface area contributed by atoms with Gasteiger partial charge in [-0.2, -0.15) is 11.8 Å². The summed E-state index contributed by atoms with van der Waals surface area (Å²) in [7, 11) is 0. The van der Waals surface area contributed by atoms with Gasteiger partial charge >= 0.3 is 0 Å². The van der Waals surface area contributed by atoms with E-state index in [4.69, 9.17) is 0 Å². The Kier molecular flexibility index (Phi) is 3.70. The number of hydrogen-bond acceptors (Lipinski definition) is 3. The van der Waals surface area contributed by atoms with E-state index in [0.29, 0.717) is 12.3 Å². The number of carbonyl (C=O) groups excluding carboxylic acids is 1. The summed E-state index contributed by atoms with van der Waals surface area (Å²) in [5.41, 5.74) is 0. The lowest BCUT2D eigenvalue weighted by Gasteiger charge is -2.26. The molecule has 3 nitrogen and oxygen atoms in total. The maximum atomic E-state index is 11.7. The molecule has 0 unspecified atom stereocenters. The molecular weight excluding hydrogens is 196 g/mol. The number of rotatable bonds is 4. The molecule has 80 valence electrons. The standard InChI is InChI=1S/C10H18N2OS/c13-10(3-4-11-9-1-2-9)12-5-7-14-8-6-12/h9,11H,1-8H2. The highest BCUT2D eigenvalue weighted by Gasteiger charge is 2.21. The molecule has 0 aromatic heterocycles. The van der Waals surface area contributed by atoms with Crippen molar-refractivity contribution in [3.8, 4) is 0 Å². The summed E-state index contributed by atoms with van der Waals surface area (Å²) < 4.78 is 0. The lowest BCUT2D eigenvalue weighted by molar-refractivity contribution is -0.130. The van der Waals surface area contributed by atoms with Crippen LogP contribution in [-0.4, -0.2) is 48.0 Å². The van der Waals surface area contributed by atoms with Crippen LogP contribution < -0.4 is 5.32 Å². The maximum absolute atomic E-state index is 11.7. The first-order chi connectivity index (χ1) is 6.86. The smallest absolute Gasteiger partial charge is 0.223 e. The van der Waals surface area contributed by atoms with Gasteiger partial charge in [0.1, 0.15) is 0 Å². The summed E-state index contributed by atoms with van der Waals surface area (Å²) in [6, 6.07) is 0.722. The molecule has 0 atom stereocenters. The molecule has 1 aliphatic heterocycles. The van der Waals surface area contributed by atoms with Crippen molar-refractivity contribution in [3.63, 3.8) is 0 Å². The van der Waals surface area contributed by atoms with Gasteiger partial charge in [0.05, 0.1) is 0 Å². The highest BCUT2D eigenvalue weighted by Crippen LogP contribution is 2.18. The van der Waals surface area contributed by atoms with Gasteiger partial charge < -0.3 is 10.2 Å². The summed E-state index contributed by atoms with van der Waals surface area (Å²) in [4.78, 5) is 13.7. The van der Waals surface area contributed by atoms with E-state index in [9.17, 15) is 4.79 Å². The highest BCUT2D eigenvalue weighted by atomic mass is 32.2. The number of thioether (sulfide) groups is 1. The molecule has 14 heavy (non-hydrogen) atoms. The van der Waals surface area contributed by atoms with Crippen molar-refractivity contribution in [2.24, 2.45) is 0 Å². The summed E-state index contributed by atoms with van der Waals surface area (Å²) >= 11 is 1.95. The summed E-state index contributed by atoms with van der Waals surface area (Å²) in [6.45, 7) is 2.77. The molecule has 1 N–H and O–H groups in total. The zero-order valence-corrected chi connectivity index (χ0v) is 9.31. The number of hydrogen-bond donors (Lipinski definition) is 1. The van der Waals surface area contributed by atoms with Gasteiger partial charge in [-0.15, -0.1) is 0 Å². The molecule has 1 amide bonds. The molecule has 2 fully saturated rings. The van der Waals surface area contributed by atoms with Crippen LogP contribution in [0, 0.1) is 0 Å². The molecule has 4 heteroatoms. The lowest BCUT2D eigenvalue weighted by Crippen LogP contribution is -2.39. The Bertz CT molecular complexity index is 200. The van der Waals surface area contributed by atoms with Gasteiger partial charge in [-0.3, -0.25) is 4.79 Å². The van der Waals surface area contributed by atoms with Crippen LogP contribution in [0.4, 0.5) is 0 Å². The average Bonchev–Trinajstić information content (AvgIpc) is 3.03. The molecule has 0 aromatic carbocycles. The van der Waals surface area contributed by atoms with Crippen LogP contribution >= 0.6 is 11.8 Å². The fraction of sp³-hybridized carbons (Fsp3) is 0.900. The Labute approximate surface area is 89.6 Å². The number of amides is 1. The SMILES string of the molecule is O=C(CCNC1CC1)N1CCSCC1. The molecule has 2 aliphatic rings. The fourth-order valence-electron chi connectivity index (χ4n) is 1.64. The zero-order valence-electron chi connectivity index (χ0n) is 8.50. The van der Waals surface area contributed by atoms with Gasteiger partial charge in [0, 0.05) is 43.6 Å². The van der Waals surface area contributed by atoms with Crippen molar-refractivity contribution in [3.05, 3.63) is 0 Å². The van der Waals surface area contributed by atoms with Crippen molar-refractivity contribution in [2.45, 2.75) is 25.3 Å². The van der Waals surface area contributed by atoms with Crippen LogP contribution in [0.15, 0.2) is 0 Å². The van der Waals surface area contributed by atoms with Crippen LogP contribution in [0.25, 0.3) is 0 Å². The third kappa shape index (κ3) is 3.17. The van der Waals surface area contributed by atoms with E-state index in [1.165, 1.54) is 12.8 Å². The third-order valence-electron chi connectivity index (χ3n) is 2.71. The fourth-order valence-corrected chi connectivity index (χ4v) is 2.54. The predicted molar refractivity (Wildman–Crippen MR) is 59.5 cm³/mol. The van der Waals surface area contributed by atoms with Gasteiger partial charge in [-0.05, 0) is 12.8 Å². The Morgan fingerprint density at radius 3 is 2.71 bits per heavy atom. The molecule has 0 spiro atoms. The second-order valence-corrected chi connectivity index (χ2v) is 5.20. The second-order valence-electron chi connectivity index (χ2n) is 3.97. The van der Waals surface area contributed by atoms with E-state index in [-0.39, 0.29) is 0 Å². The summed E-state index contributed by atoms with van der Waals surface area (Å²) in [5.74, 6) is 2.56. The molecule has 2 rings (SSSR count). The minimum Gasteiger partial charge on any atom is -0.341 e. The minimum absolute atomic E-state index is 0.332. The first-order valence-electron chi connectivity index (χ1n) is 5.45. The minimum atomic E-state index is 0.332. The van der Waals surface area contributed by atoms with Crippen molar-refractivity contribution in [1.82, 2.24) is 10.2 Å². The van der Waals surface area contributed by atoms with E-state index < -0.39 is 0 Å². The topological polar surface area (TPSA) is 32.3 Å². The van der Waals surface area contributed by atoms with Crippen molar-refractivity contribution in [1.29, 1.82) is 0 Å². The molecule has 1 saturated heterocycles. The van der Waals surface area contributed by atoms with Gasteiger partial charge in [-0.1, -0.05) is 0 Å². The number of carbonyl (C=O) groups is 1. The van der Waals surface area contributed by atoms with E-state index >= 15 is 0 Å². The molecule has 0 aromatic rings. The molecule has 1 heterocycles. The molecule has 1 saturated carbocycles. The Morgan fingerprint density at radius 2 is 2.07 bits per heavy atom. The van der Waals surface area contributed by atoms with Crippen molar-refractivity contribution < 1.29 is 4.79 Å². The van der Waals surface area contributed by atoms with E-state index in [0.717, 1.165) is 37.2 Å². The lowest BCUT2D eigenvalue weighted by atomic mass is 10.3. The van der Waals surface area contributed by atoms with Gasteiger partial charge in [0.2, 0.25) is 5.91 Å². The van der Waals surface area contributed by atoms with Crippen LogP contribution in [0.3, 0.4) is 0 Å². The number of nitrogens with one attached hydrogen (secondary N) is 1. The molecule has 1 aliphatic carbocycles. The van der Waals surface area contributed by atoms with Crippen LogP contribution in [-0.2, 0) is 4.79 Å². The number of nitrogens with zero attached hydrogens (tertiary/aromatic N) is 1. The first-order valence-corrected chi connectivity index (χ1v) is 6.60. The monoisotopic (exact) mass is 214 g/mol. The largest absolute Gasteiger partial charge is 0.341 e. The Hall–Kier alpha value is -0.220. The van der Waals surface area contributed by atoms with E-state index in [1.807, 2.05) is 16.7 Å². The maximum Gasteiger partial charge on any atom is 0.223 e. The van der Waals surface area contributed by atoms with E-state index in [1.54, 1.807) is 0 Å². The van der Waals surface area contributed by atoms with Crippen LogP contribution in [0.1, 0.15) is 19.3 Å². The van der Waals surface area contributed by atoms with Crippen LogP contribution in [0.2, 0.25) is 0 Å². The normalized spacial score (nSPS) is 22.4. The highest BCUT2D eigenvalue weighted by molar-refractivity contribution is 7.99. The predicted octanol–water partition coefficient (Wildman–Crippen LogP) is 0.704. The van der Waals surface area contributed by atoms with Gasteiger partial charge in [0.25, 0.3) is 0 Å². The quantitative estimate of drug-likeness (QED) is 0.748. The third-order valence-corrected chi connectivity index (χ3v) is 3.66. The first kappa shape index (κ1) is 10.3. The van der Waals surface area contributed by atoms with Gasteiger partial charge in [-0.25, -0.2) is 0 Å². The Balaban J connectivity index is 1.60. The van der Waals surface area contributed by atoms with Crippen LogP contribution in [0.5, 0.6) is 0 Å². The van der Waals surface area contributed by atoms with Crippen molar-refractivity contribution >= 4 is 17.7 Å². The average molecular weight is 214 g/mol. The molecule has 0 radical (unpaired) electrons. The summed E-state index contributed by atoms with van der Waals surface area (Å²) in [6.07, 6.45) is 3.28. The van der Waals surface area contributed by atoms with Crippen molar-refractivity contribution in [2.75, 3.05) is 31.1 Å². The van der Waals surface area contributed by atoms with Gasteiger partial charge in [0.15, 0.2) is 0 Å². The van der Waals surface area contributed by atoms with E-state index in [2.05, 4.69) is 5.32 Å². The Morgan fingerprint density at radius 1 is 1.36 bits per heavy atom. The second kappa shape index (κ2) is 5.03. The molecule has 0 bridgehead atoms. The summed E-state index contributed by atoms with van der Waals surface area (Å²) in [5, 5.41) is 3.37. The molecular formula is C10H18N2OS. The zero-order chi connectivity index (χ0) is 9.80.